The Morgan fingerprint density at radius 2 is 2.00 bits per heavy atom. The smallest absolute Gasteiger partial charge is 0.261 e. The minimum atomic E-state index is -0.0342. The zero-order valence-electron chi connectivity index (χ0n) is 10.6. The average molecular weight is 303 g/mol. The molecule has 0 aliphatic carbocycles. The van der Waals surface area contributed by atoms with E-state index in [2.05, 4.69) is 11.4 Å². The summed E-state index contributed by atoms with van der Waals surface area (Å²) in [4.78, 5) is 13.9. The molecule has 0 saturated carbocycles. The zero-order valence-corrected chi connectivity index (χ0v) is 12.2. The van der Waals surface area contributed by atoms with Crippen LogP contribution in [0.1, 0.15) is 26.2 Å². The number of carbonyl (C=O) groups is 1. The van der Waals surface area contributed by atoms with Crippen molar-refractivity contribution in [3.63, 3.8) is 0 Å². The van der Waals surface area contributed by atoms with Crippen molar-refractivity contribution >= 4 is 28.6 Å². The summed E-state index contributed by atoms with van der Waals surface area (Å²) < 4.78 is 5.50. The average Bonchev–Trinajstić information content (AvgIpc) is 3.22. The fourth-order valence-corrected chi connectivity index (χ4v) is 3.49. The molecular weight excluding hydrogens is 290 g/mol. The van der Waals surface area contributed by atoms with E-state index in [1.54, 1.807) is 17.6 Å². The van der Waals surface area contributed by atoms with Gasteiger partial charge in [-0.1, -0.05) is 12.1 Å². The maximum absolute atomic E-state index is 12.0. The van der Waals surface area contributed by atoms with Crippen molar-refractivity contribution in [2.45, 2.75) is 5.92 Å². The topological polar surface area (TPSA) is 42.2 Å². The van der Waals surface area contributed by atoms with Crippen molar-refractivity contribution in [1.82, 2.24) is 5.32 Å². The van der Waals surface area contributed by atoms with Gasteiger partial charge in [0.1, 0.15) is 5.76 Å². The molecule has 0 radical (unpaired) electrons. The number of thiophene rings is 2. The Labute approximate surface area is 124 Å². The Bertz CT molecular complexity index is 608. The van der Waals surface area contributed by atoms with Crippen LogP contribution in [-0.4, -0.2) is 12.5 Å². The summed E-state index contributed by atoms with van der Waals surface area (Å²) in [6, 6.07) is 11.6. The largest absolute Gasteiger partial charge is 0.469 e. The molecule has 1 atom stereocenters. The number of amides is 1. The van der Waals surface area contributed by atoms with Gasteiger partial charge >= 0.3 is 0 Å². The molecule has 5 heteroatoms. The second-order valence-electron chi connectivity index (χ2n) is 4.27. The Kier molecular flexibility index (Phi) is 3.99. The number of furan rings is 1. The highest BCUT2D eigenvalue weighted by atomic mass is 32.1. The van der Waals surface area contributed by atoms with E-state index in [0.29, 0.717) is 6.54 Å². The highest BCUT2D eigenvalue weighted by molar-refractivity contribution is 7.12. The van der Waals surface area contributed by atoms with E-state index in [1.807, 2.05) is 41.1 Å². The third kappa shape index (κ3) is 2.84. The third-order valence-electron chi connectivity index (χ3n) is 2.98. The van der Waals surface area contributed by atoms with Crippen molar-refractivity contribution in [3.8, 4) is 0 Å². The normalized spacial score (nSPS) is 12.2. The molecule has 3 aromatic heterocycles. The molecule has 0 spiro atoms. The first-order chi connectivity index (χ1) is 9.84. The van der Waals surface area contributed by atoms with Crippen LogP contribution in [0.4, 0.5) is 0 Å². The molecule has 1 unspecified atom stereocenters. The standard InChI is InChI=1S/C15H13NO2S2/c17-15(14-6-3-9-20-14)16-10-11(12-4-1-7-18-12)13-5-2-8-19-13/h1-9,11H,10H2,(H,16,17). The molecule has 3 heterocycles. The third-order valence-corrected chi connectivity index (χ3v) is 4.84. The van der Waals surface area contributed by atoms with Crippen LogP contribution in [0, 0.1) is 0 Å². The van der Waals surface area contributed by atoms with Crippen LogP contribution < -0.4 is 5.32 Å². The van der Waals surface area contributed by atoms with Gasteiger partial charge in [0.2, 0.25) is 0 Å². The Morgan fingerprint density at radius 3 is 2.65 bits per heavy atom. The molecule has 3 aromatic rings. The molecule has 0 fully saturated rings. The summed E-state index contributed by atoms with van der Waals surface area (Å²) in [6.45, 7) is 0.533. The second-order valence-corrected chi connectivity index (χ2v) is 6.20. The van der Waals surface area contributed by atoms with E-state index in [0.717, 1.165) is 10.6 Å². The summed E-state index contributed by atoms with van der Waals surface area (Å²) in [6.07, 6.45) is 1.66. The van der Waals surface area contributed by atoms with Crippen molar-refractivity contribution in [2.75, 3.05) is 6.54 Å². The quantitative estimate of drug-likeness (QED) is 0.775. The first-order valence-corrected chi connectivity index (χ1v) is 7.99. The van der Waals surface area contributed by atoms with Gasteiger partial charge < -0.3 is 9.73 Å². The molecule has 1 amide bonds. The van der Waals surface area contributed by atoms with Gasteiger partial charge in [-0.15, -0.1) is 22.7 Å². The van der Waals surface area contributed by atoms with Gasteiger partial charge in [0.15, 0.2) is 0 Å². The lowest BCUT2D eigenvalue weighted by molar-refractivity contribution is 0.0956. The van der Waals surface area contributed by atoms with Crippen LogP contribution in [0.5, 0.6) is 0 Å². The second kappa shape index (κ2) is 6.07. The van der Waals surface area contributed by atoms with Gasteiger partial charge in [0.25, 0.3) is 5.91 Å². The van der Waals surface area contributed by atoms with Gasteiger partial charge in [-0.2, -0.15) is 0 Å². The van der Waals surface area contributed by atoms with Crippen molar-refractivity contribution < 1.29 is 9.21 Å². The van der Waals surface area contributed by atoms with E-state index in [4.69, 9.17) is 4.42 Å². The van der Waals surface area contributed by atoms with Gasteiger partial charge in [-0.3, -0.25) is 4.79 Å². The summed E-state index contributed by atoms with van der Waals surface area (Å²) in [5.74, 6) is 0.904. The molecule has 0 aliphatic heterocycles. The monoisotopic (exact) mass is 303 g/mol. The van der Waals surface area contributed by atoms with Gasteiger partial charge in [0.05, 0.1) is 17.1 Å². The van der Waals surface area contributed by atoms with E-state index in [9.17, 15) is 4.79 Å². The Morgan fingerprint density at radius 1 is 1.15 bits per heavy atom. The molecule has 3 rings (SSSR count). The lowest BCUT2D eigenvalue weighted by Gasteiger charge is -2.13. The van der Waals surface area contributed by atoms with E-state index in [1.165, 1.54) is 16.2 Å². The first kappa shape index (κ1) is 13.1. The van der Waals surface area contributed by atoms with Gasteiger partial charge in [0, 0.05) is 11.4 Å². The van der Waals surface area contributed by atoms with Gasteiger partial charge in [-0.25, -0.2) is 0 Å². The fourth-order valence-electron chi connectivity index (χ4n) is 2.01. The van der Waals surface area contributed by atoms with E-state index < -0.39 is 0 Å². The summed E-state index contributed by atoms with van der Waals surface area (Å²) in [5.41, 5.74) is 0. The predicted molar refractivity (Wildman–Crippen MR) is 81.5 cm³/mol. The predicted octanol–water partition coefficient (Wildman–Crippen LogP) is 3.96. The molecule has 0 aromatic carbocycles. The Balaban J connectivity index is 1.73. The molecule has 0 bridgehead atoms. The van der Waals surface area contributed by atoms with Crippen LogP contribution in [0.2, 0.25) is 0 Å². The van der Waals surface area contributed by atoms with Gasteiger partial charge in [-0.05, 0) is 35.0 Å². The van der Waals surface area contributed by atoms with Crippen LogP contribution in [0.15, 0.2) is 57.8 Å². The number of hydrogen-bond acceptors (Lipinski definition) is 4. The maximum Gasteiger partial charge on any atom is 0.261 e. The molecule has 0 saturated heterocycles. The molecule has 1 N–H and O–H groups in total. The summed E-state index contributed by atoms with van der Waals surface area (Å²) in [7, 11) is 0. The van der Waals surface area contributed by atoms with E-state index in [-0.39, 0.29) is 11.8 Å². The first-order valence-electron chi connectivity index (χ1n) is 6.23. The summed E-state index contributed by atoms with van der Waals surface area (Å²) in [5, 5.41) is 6.91. The fraction of sp³-hybridized carbons (Fsp3) is 0.133. The number of hydrogen-bond donors (Lipinski definition) is 1. The molecular formula is C15H13NO2S2. The van der Waals surface area contributed by atoms with Crippen LogP contribution in [-0.2, 0) is 0 Å². The maximum atomic E-state index is 12.0. The number of nitrogens with one attached hydrogen (secondary N) is 1. The molecule has 0 aliphatic rings. The van der Waals surface area contributed by atoms with Crippen LogP contribution >= 0.6 is 22.7 Å². The van der Waals surface area contributed by atoms with Crippen molar-refractivity contribution in [2.24, 2.45) is 0 Å². The zero-order chi connectivity index (χ0) is 13.8. The summed E-state index contributed by atoms with van der Waals surface area (Å²) >= 11 is 3.11. The lowest BCUT2D eigenvalue weighted by Crippen LogP contribution is -2.27. The minimum absolute atomic E-state index is 0.0342. The SMILES string of the molecule is O=C(NCC(c1ccco1)c1cccs1)c1cccs1. The molecule has 20 heavy (non-hydrogen) atoms. The Hall–Kier alpha value is -1.85. The number of carbonyl (C=O) groups excluding carboxylic acids is 1. The highest BCUT2D eigenvalue weighted by Crippen LogP contribution is 2.28. The molecule has 102 valence electrons. The lowest BCUT2D eigenvalue weighted by atomic mass is 10.0. The minimum Gasteiger partial charge on any atom is -0.469 e. The van der Waals surface area contributed by atoms with E-state index >= 15 is 0 Å². The highest BCUT2D eigenvalue weighted by Gasteiger charge is 2.19. The van der Waals surface area contributed by atoms with Crippen LogP contribution in [0.3, 0.4) is 0 Å². The molecule has 3 nitrogen and oxygen atoms in total. The van der Waals surface area contributed by atoms with Crippen LogP contribution in [0.25, 0.3) is 0 Å². The van der Waals surface area contributed by atoms with Crippen molar-refractivity contribution in [3.05, 3.63) is 68.9 Å². The number of rotatable bonds is 5. The van der Waals surface area contributed by atoms with Crippen molar-refractivity contribution in [1.29, 1.82) is 0 Å².